The van der Waals surface area contributed by atoms with Crippen LogP contribution in [-0.2, 0) is 5.54 Å². The Morgan fingerprint density at radius 3 is 2.13 bits per heavy atom. The minimum atomic E-state index is 0.398. The van der Waals surface area contributed by atoms with E-state index in [1.54, 1.807) is 0 Å². The lowest BCUT2D eigenvalue weighted by molar-refractivity contribution is -0.0494. The van der Waals surface area contributed by atoms with E-state index in [1.807, 2.05) is 6.20 Å². The van der Waals surface area contributed by atoms with Crippen LogP contribution in [0.4, 0.5) is 0 Å². The molecule has 0 atom stereocenters. The first-order chi connectivity index (χ1) is 7.34. The second-order valence-electron chi connectivity index (χ2n) is 6.03. The predicted molar refractivity (Wildman–Crippen MR) is 57.2 cm³/mol. The molecule has 0 saturated heterocycles. The van der Waals surface area contributed by atoms with Crippen molar-refractivity contribution < 1.29 is 0 Å². The van der Waals surface area contributed by atoms with Crippen molar-refractivity contribution in [3.05, 3.63) is 18.5 Å². The molecule has 4 aliphatic carbocycles. The van der Waals surface area contributed by atoms with Gasteiger partial charge in [-0.1, -0.05) is 0 Å². The molecule has 0 spiro atoms. The van der Waals surface area contributed by atoms with Gasteiger partial charge in [0.05, 0.1) is 11.7 Å². The summed E-state index contributed by atoms with van der Waals surface area (Å²) in [6, 6.07) is 3.11. The number of hydrogen-bond acceptors (Lipinski definition) is 1. The monoisotopic (exact) mass is 201 g/mol. The third-order valence-corrected chi connectivity index (χ3v) is 4.95. The maximum atomic E-state index is 4.47. The topological polar surface area (TPSA) is 17.8 Å². The summed E-state index contributed by atoms with van der Waals surface area (Å²) in [7, 11) is 0. The third-order valence-electron chi connectivity index (χ3n) is 4.95. The molecule has 0 amide bonds. The van der Waals surface area contributed by atoms with Crippen LogP contribution in [0.25, 0.3) is 0 Å². The Hall–Kier alpha value is -0.790. The summed E-state index contributed by atoms with van der Waals surface area (Å²) in [6.45, 7) is 0. The van der Waals surface area contributed by atoms with Crippen molar-refractivity contribution in [2.45, 2.75) is 44.1 Å². The van der Waals surface area contributed by atoms with Gasteiger partial charge in [-0.2, -0.15) is 5.10 Å². The zero-order valence-electron chi connectivity index (χ0n) is 9.02. The molecular weight excluding hydrogens is 184 g/mol. The molecule has 0 N–H and O–H groups in total. The van der Waals surface area contributed by atoms with Gasteiger partial charge in [0, 0.05) is 12.3 Å². The average molecular weight is 201 g/mol. The summed E-state index contributed by atoms with van der Waals surface area (Å²) in [4.78, 5) is 0. The highest BCUT2D eigenvalue weighted by Gasteiger charge is 2.52. The highest BCUT2D eigenvalue weighted by Crippen LogP contribution is 2.58. The van der Waals surface area contributed by atoms with E-state index in [4.69, 9.17) is 0 Å². The molecule has 0 aromatic carbocycles. The Morgan fingerprint density at radius 1 is 1.07 bits per heavy atom. The molecule has 15 heavy (non-hydrogen) atoms. The molecule has 4 fully saturated rings. The minimum Gasteiger partial charge on any atom is -0.266 e. The van der Waals surface area contributed by atoms with Gasteiger partial charge in [0.25, 0.3) is 0 Å². The molecule has 5 rings (SSSR count). The smallest absolute Gasteiger partial charge is 0.0635 e. The van der Waals surface area contributed by atoms with Crippen molar-refractivity contribution in [1.29, 1.82) is 0 Å². The minimum absolute atomic E-state index is 0.398. The molecule has 0 unspecified atom stereocenters. The normalized spacial score (nSPS) is 47.3. The van der Waals surface area contributed by atoms with Crippen molar-refractivity contribution in [2.24, 2.45) is 17.8 Å². The average Bonchev–Trinajstić information content (AvgIpc) is 2.67. The van der Waals surface area contributed by atoms with Gasteiger partial charge in [0.15, 0.2) is 0 Å². The Labute approximate surface area is 90.7 Å². The highest BCUT2D eigenvalue weighted by atomic mass is 15.3. The van der Waals surface area contributed by atoms with Gasteiger partial charge in [-0.25, -0.2) is 0 Å². The SMILES string of the molecule is [c]1cnn(C23CC4CC(CC(C4)C2)C3)c1. The van der Waals surface area contributed by atoms with E-state index >= 15 is 0 Å². The molecule has 4 saturated carbocycles. The maximum absolute atomic E-state index is 4.47. The van der Waals surface area contributed by atoms with Gasteiger partial charge in [0.2, 0.25) is 0 Å². The molecule has 1 aromatic rings. The zero-order chi connectivity index (χ0) is 9.88. The van der Waals surface area contributed by atoms with E-state index in [-0.39, 0.29) is 0 Å². The second-order valence-corrected chi connectivity index (χ2v) is 6.03. The lowest BCUT2D eigenvalue weighted by Gasteiger charge is -2.56. The summed E-state index contributed by atoms with van der Waals surface area (Å²) in [5, 5.41) is 4.47. The number of hydrogen-bond donors (Lipinski definition) is 0. The Bertz CT molecular complexity index is 331. The molecule has 0 aliphatic heterocycles. The van der Waals surface area contributed by atoms with E-state index in [9.17, 15) is 0 Å². The van der Waals surface area contributed by atoms with Crippen molar-refractivity contribution in [3.8, 4) is 0 Å². The molecular formula is C13H17N2. The lowest BCUT2D eigenvalue weighted by atomic mass is 9.53. The fourth-order valence-electron chi connectivity index (χ4n) is 4.84. The Balaban J connectivity index is 1.77. The van der Waals surface area contributed by atoms with Gasteiger partial charge < -0.3 is 0 Å². The molecule has 4 bridgehead atoms. The van der Waals surface area contributed by atoms with Gasteiger partial charge in [-0.05, 0) is 56.3 Å². The van der Waals surface area contributed by atoms with Crippen molar-refractivity contribution in [3.63, 3.8) is 0 Å². The first-order valence-corrected chi connectivity index (χ1v) is 6.25. The summed E-state index contributed by atoms with van der Waals surface area (Å²) in [5.74, 6) is 3.00. The van der Waals surface area contributed by atoms with Crippen LogP contribution < -0.4 is 0 Å². The van der Waals surface area contributed by atoms with Crippen LogP contribution in [0.1, 0.15) is 38.5 Å². The van der Waals surface area contributed by atoms with Gasteiger partial charge in [-0.15, -0.1) is 0 Å². The summed E-state index contributed by atoms with van der Waals surface area (Å²) >= 11 is 0. The Kier molecular flexibility index (Phi) is 1.48. The number of aromatic nitrogens is 2. The van der Waals surface area contributed by atoms with E-state index in [0.29, 0.717) is 5.54 Å². The molecule has 1 aromatic heterocycles. The fraction of sp³-hybridized carbons (Fsp3) is 0.769. The molecule has 2 heteroatoms. The van der Waals surface area contributed by atoms with E-state index in [0.717, 1.165) is 17.8 Å². The predicted octanol–water partition coefficient (Wildman–Crippen LogP) is 2.61. The van der Waals surface area contributed by atoms with Crippen LogP contribution in [0.3, 0.4) is 0 Å². The number of rotatable bonds is 1. The second kappa shape index (κ2) is 2.66. The van der Waals surface area contributed by atoms with Gasteiger partial charge in [0.1, 0.15) is 0 Å². The van der Waals surface area contributed by atoms with Crippen LogP contribution >= 0.6 is 0 Å². The van der Waals surface area contributed by atoms with Crippen molar-refractivity contribution in [2.75, 3.05) is 0 Å². The van der Waals surface area contributed by atoms with E-state index in [2.05, 4.69) is 22.0 Å². The summed E-state index contributed by atoms with van der Waals surface area (Å²) in [5.41, 5.74) is 0.398. The van der Waals surface area contributed by atoms with E-state index < -0.39 is 0 Å². The first kappa shape index (κ1) is 8.37. The standard InChI is InChI=1S/C13H17N2/c1-2-14-15(3-1)13-7-10-4-11(8-13)6-12(5-10)9-13/h2-3,10-12H,4-9H2. The van der Waals surface area contributed by atoms with Gasteiger partial charge in [-0.3, -0.25) is 4.68 Å². The maximum Gasteiger partial charge on any atom is 0.0635 e. The quantitative estimate of drug-likeness (QED) is 0.683. The van der Waals surface area contributed by atoms with Crippen LogP contribution in [-0.4, -0.2) is 9.78 Å². The van der Waals surface area contributed by atoms with E-state index in [1.165, 1.54) is 38.5 Å². The molecule has 79 valence electrons. The van der Waals surface area contributed by atoms with Crippen molar-refractivity contribution in [1.82, 2.24) is 9.78 Å². The zero-order valence-corrected chi connectivity index (χ0v) is 9.02. The third kappa shape index (κ3) is 1.08. The fourth-order valence-corrected chi connectivity index (χ4v) is 4.84. The summed E-state index contributed by atoms with van der Waals surface area (Å²) in [6.07, 6.45) is 12.5. The molecule has 4 aliphatic rings. The number of nitrogens with zero attached hydrogens (tertiary/aromatic N) is 2. The Morgan fingerprint density at radius 2 is 1.67 bits per heavy atom. The lowest BCUT2D eigenvalue weighted by Crippen LogP contribution is -2.52. The highest BCUT2D eigenvalue weighted by molar-refractivity contribution is 5.05. The molecule has 1 radical (unpaired) electrons. The largest absolute Gasteiger partial charge is 0.266 e. The van der Waals surface area contributed by atoms with Crippen LogP contribution in [0, 0.1) is 23.8 Å². The van der Waals surface area contributed by atoms with Crippen LogP contribution in [0.2, 0.25) is 0 Å². The van der Waals surface area contributed by atoms with Crippen LogP contribution in [0.15, 0.2) is 12.4 Å². The first-order valence-electron chi connectivity index (χ1n) is 6.25. The summed E-state index contributed by atoms with van der Waals surface area (Å²) < 4.78 is 2.23. The van der Waals surface area contributed by atoms with Crippen LogP contribution in [0.5, 0.6) is 0 Å². The van der Waals surface area contributed by atoms with Gasteiger partial charge >= 0.3 is 0 Å². The van der Waals surface area contributed by atoms with Crippen molar-refractivity contribution >= 4 is 0 Å². The molecule has 2 nitrogen and oxygen atoms in total. The molecule has 1 heterocycles.